The van der Waals surface area contributed by atoms with Gasteiger partial charge in [-0.25, -0.2) is 4.98 Å². The van der Waals surface area contributed by atoms with E-state index in [2.05, 4.69) is 4.98 Å². The molecule has 0 atom stereocenters. The summed E-state index contributed by atoms with van der Waals surface area (Å²) in [6.07, 6.45) is 3.83. The molecule has 0 aliphatic carbocycles. The lowest BCUT2D eigenvalue weighted by Crippen LogP contribution is -2.31. The first-order chi connectivity index (χ1) is 11.1. The SMILES string of the molecule is Cc1cn2cccc(OCC(=O)N(C)Cc3ccccc3)c2n1. The van der Waals surface area contributed by atoms with Gasteiger partial charge in [-0.15, -0.1) is 0 Å². The lowest BCUT2D eigenvalue weighted by molar-refractivity contribution is -0.132. The second kappa shape index (κ2) is 6.52. The average Bonchev–Trinajstić information content (AvgIpc) is 2.94. The molecule has 2 aromatic heterocycles. The van der Waals surface area contributed by atoms with Crippen molar-refractivity contribution < 1.29 is 9.53 Å². The normalized spacial score (nSPS) is 10.7. The van der Waals surface area contributed by atoms with E-state index in [1.165, 1.54) is 0 Å². The molecule has 23 heavy (non-hydrogen) atoms. The Morgan fingerprint density at radius 2 is 2.00 bits per heavy atom. The van der Waals surface area contributed by atoms with E-state index < -0.39 is 0 Å². The van der Waals surface area contributed by atoms with Gasteiger partial charge in [-0.3, -0.25) is 4.79 Å². The van der Waals surface area contributed by atoms with Crippen molar-refractivity contribution in [3.63, 3.8) is 0 Å². The van der Waals surface area contributed by atoms with Gasteiger partial charge in [0.2, 0.25) is 0 Å². The van der Waals surface area contributed by atoms with Crippen LogP contribution >= 0.6 is 0 Å². The fourth-order valence-corrected chi connectivity index (χ4v) is 2.42. The lowest BCUT2D eigenvalue weighted by Gasteiger charge is -2.17. The number of hydrogen-bond acceptors (Lipinski definition) is 3. The molecular weight excluding hydrogens is 290 g/mol. The van der Waals surface area contributed by atoms with Gasteiger partial charge in [-0.05, 0) is 24.6 Å². The van der Waals surface area contributed by atoms with Gasteiger partial charge in [0.25, 0.3) is 5.91 Å². The van der Waals surface area contributed by atoms with E-state index in [1.54, 1.807) is 11.9 Å². The summed E-state index contributed by atoms with van der Waals surface area (Å²) >= 11 is 0. The van der Waals surface area contributed by atoms with Crippen LogP contribution in [0.4, 0.5) is 0 Å². The number of ether oxygens (including phenoxy) is 1. The first-order valence-electron chi connectivity index (χ1n) is 7.48. The number of likely N-dealkylation sites (N-methyl/N-ethyl adjacent to an activating group) is 1. The first-order valence-corrected chi connectivity index (χ1v) is 7.48. The third kappa shape index (κ3) is 3.51. The van der Waals surface area contributed by atoms with Gasteiger partial charge in [0.1, 0.15) is 0 Å². The predicted octanol–water partition coefficient (Wildman–Crippen LogP) is 2.68. The highest BCUT2D eigenvalue weighted by Gasteiger charge is 2.12. The molecule has 5 heteroatoms. The smallest absolute Gasteiger partial charge is 0.260 e. The van der Waals surface area contributed by atoms with Crippen molar-refractivity contribution in [1.82, 2.24) is 14.3 Å². The van der Waals surface area contributed by atoms with Crippen LogP contribution in [0.15, 0.2) is 54.9 Å². The third-order valence-corrected chi connectivity index (χ3v) is 3.61. The maximum Gasteiger partial charge on any atom is 0.260 e. The van der Waals surface area contributed by atoms with Crippen molar-refractivity contribution in [2.75, 3.05) is 13.7 Å². The zero-order valence-electron chi connectivity index (χ0n) is 13.3. The predicted molar refractivity (Wildman–Crippen MR) is 88.3 cm³/mol. The molecule has 118 valence electrons. The molecule has 1 amide bonds. The van der Waals surface area contributed by atoms with E-state index in [0.717, 1.165) is 16.9 Å². The molecule has 0 radical (unpaired) electrons. The summed E-state index contributed by atoms with van der Waals surface area (Å²) in [5.74, 6) is 0.543. The Morgan fingerprint density at radius 3 is 2.78 bits per heavy atom. The number of carbonyl (C=O) groups excluding carboxylic acids is 1. The molecular formula is C18H19N3O2. The largest absolute Gasteiger partial charge is 0.480 e. The van der Waals surface area contributed by atoms with Crippen LogP contribution in [0.25, 0.3) is 5.65 Å². The molecule has 0 saturated heterocycles. The van der Waals surface area contributed by atoms with Gasteiger partial charge in [-0.2, -0.15) is 0 Å². The Hall–Kier alpha value is -2.82. The van der Waals surface area contributed by atoms with E-state index in [9.17, 15) is 4.79 Å². The second-order valence-electron chi connectivity index (χ2n) is 5.51. The fourth-order valence-electron chi connectivity index (χ4n) is 2.42. The van der Waals surface area contributed by atoms with Crippen molar-refractivity contribution in [3.05, 3.63) is 66.1 Å². The molecule has 0 bridgehead atoms. The summed E-state index contributed by atoms with van der Waals surface area (Å²) in [4.78, 5) is 18.3. The zero-order chi connectivity index (χ0) is 16.2. The van der Waals surface area contributed by atoms with Gasteiger partial charge >= 0.3 is 0 Å². The number of rotatable bonds is 5. The molecule has 2 heterocycles. The van der Waals surface area contributed by atoms with Gasteiger partial charge in [0, 0.05) is 26.0 Å². The monoisotopic (exact) mass is 309 g/mol. The number of pyridine rings is 1. The molecule has 5 nitrogen and oxygen atoms in total. The minimum Gasteiger partial charge on any atom is -0.480 e. The van der Waals surface area contributed by atoms with Crippen molar-refractivity contribution >= 4 is 11.6 Å². The standard InChI is InChI=1S/C18H19N3O2/c1-14-11-21-10-6-9-16(18(21)19-14)23-13-17(22)20(2)12-15-7-4-3-5-8-15/h3-11H,12-13H2,1-2H3. The molecule has 1 aromatic carbocycles. The first kappa shape index (κ1) is 15.1. The molecule has 0 fully saturated rings. The number of imidazole rings is 1. The quantitative estimate of drug-likeness (QED) is 0.728. The highest BCUT2D eigenvalue weighted by atomic mass is 16.5. The molecule has 3 aromatic rings. The van der Waals surface area contributed by atoms with Gasteiger partial charge in [0.15, 0.2) is 18.0 Å². The summed E-state index contributed by atoms with van der Waals surface area (Å²) in [6, 6.07) is 13.6. The van der Waals surface area contributed by atoms with Crippen molar-refractivity contribution in [1.29, 1.82) is 0 Å². The Labute approximate surface area is 135 Å². The fraction of sp³-hybridized carbons (Fsp3) is 0.222. The maximum atomic E-state index is 12.2. The number of fused-ring (bicyclic) bond motifs is 1. The number of carbonyl (C=O) groups is 1. The van der Waals surface area contributed by atoms with Crippen LogP contribution in [0.2, 0.25) is 0 Å². The number of benzene rings is 1. The molecule has 0 N–H and O–H groups in total. The Kier molecular flexibility index (Phi) is 4.28. The van der Waals surface area contributed by atoms with E-state index in [4.69, 9.17) is 4.74 Å². The van der Waals surface area contributed by atoms with Crippen molar-refractivity contribution in [2.45, 2.75) is 13.5 Å². The lowest BCUT2D eigenvalue weighted by atomic mass is 10.2. The summed E-state index contributed by atoms with van der Waals surface area (Å²) < 4.78 is 7.57. The van der Waals surface area contributed by atoms with E-state index in [-0.39, 0.29) is 12.5 Å². The van der Waals surface area contributed by atoms with Gasteiger partial charge in [0.05, 0.1) is 5.69 Å². The molecule has 3 rings (SSSR count). The van der Waals surface area contributed by atoms with Crippen LogP contribution in [-0.2, 0) is 11.3 Å². The summed E-state index contributed by atoms with van der Waals surface area (Å²) in [6.45, 7) is 2.49. The molecule has 0 unspecified atom stereocenters. The molecule has 0 spiro atoms. The highest BCUT2D eigenvalue weighted by molar-refractivity contribution is 5.77. The maximum absolute atomic E-state index is 12.2. The number of aromatic nitrogens is 2. The number of aryl methyl sites for hydroxylation is 1. The minimum atomic E-state index is -0.0702. The number of amides is 1. The summed E-state index contributed by atoms with van der Waals surface area (Å²) in [5, 5.41) is 0. The second-order valence-corrected chi connectivity index (χ2v) is 5.51. The van der Waals surface area contributed by atoms with Gasteiger partial charge in [-0.1, -0.05) is 30.3 Å². The summed E-state index contributed by atoms with van der Waals surface area (Å²) in [7, 11) is 1.78. The van der Waals surface area contributed by atoms with Crippen molar-refractivity contribution in [2.24, 2.45) is 0 Å². The van der Waals surface area contributed by atoms with Gasteiger partial charge < -0.3 is 14.0 Å². The average molecular weight is 309 g/mol. The topological polar surface area (TPSA) is 46.8 Å². The Bertz CT molecular complexity index is 812. The molecule has 0 aliphatic heterocycles. The number of nitrogens with zero attached hydrogens (tertiary/aromatic N) is 3. The van der Waals surface area contributed by atoms with E-state index in [1.807, 2.05) is 66.2 Å². The molecule has 0 aliphatic rings. The van der Waals surface area contributed by atoms with Crippen LogP contribution in [0.3, 0.4) is 0 Å². The van der Waals surface area contributed by atoms with Crippen LogP contribution < -0.4 is 4.74 Å². The van der Waals surface area contributed by atoms with Crippen LogP contribution in [0.1, 0.15) is 11.3 Å². The zero-order valence-corrected chi connectivity index (χ0v) is 13.3. The summed E-state index contributed by atoms with van der Waals surface area (Å²) in [5.41, 5.74) is 2.73. The minimum absolute atomic E-state index is 0.00505. The third-order valence-electron chi connectivity index (χ3n) is 3.61. The number of hydrogen-bond donors (Lipinski definition) is 0. The van der Waals surface area contributed by atoms with Crippen LogP contribution in [-0.4, -0.2) is 33.8 Å². The highest BCUT2D eigenvalue weighted by Crippen LogP contribution is 2.18. The van der Waals surface area contributed by atoms with E-state index in [0.29, 0.717) is 12.3 Å². The van der Waals surface area contributed by atoms with Crippen LogP contribution in [0.5, 0.6) is 5.75 Å². The van der Waals surface area contributed by atoms with E-state index >= 15 is 0 Å². The Balaban J connectivity index is 1.64. The van der Waals surface area contributed by atoms with Crippen molar-refractivity contribution in [3.8, 4) is 5.75 Å². The Morgan fingerprint density at radius 1 is 1.22 bits per heavy atom. The van der Waals surface area contributed by atoms with Crippen LogP contribution in [0, 0.1) is 6.92 Å². The molecule has 0 saturated carbocycles.